The lowest BCUT2D eigenvalue weighted by Crippen LogP contribution is -2.38. The zero-order valence-corrected chi connectivity index (χ0v) is 18.4. The van der Waals surface area contributed by atoms with E-state index in [2.05, 4.69) is 20.4 Å². The normalized spacial score (nSPS) is 15.0. The summed E-state index contributed by atoms with van der Waals surface area (Å²) in [5.41, 5.74) is 2.98. The number of hydrogen-bond donors (Lipinski definition) is 1. The summed E-state index contributed by atoms with van der Waals surface area (Å²) in [4.78, 5) is 21.1. The third kappa shape index (κ3) is 5.50. The van der Waals surface area contributed by atoms with Gasteiger partial charge in [-0.1, -0.05) is 17.3 Å². The molecule has 0 saturated carbocycles. The van der Waals surface area contributed by atoms with Gasteiger partial charge in [0.05, 0.1) is 0 Å². The quantitative estimate of drug-likeness (QED) is 0.609. The van der Waals surface area contributed by atoms with Gasteiger partial charge in [-0.2, -0.15) is 4.98 Å². The number of nitrogens with zero attached hydrogens (tertiary/aromatic N) is 4. The molecule has 1 aliphatic heterocycles. The molecule has 1 saturated heterocycles. The number of benzene rings is 2. The number of hydrogen-bond acceptors (Lipinski definition) is 6. The Labute approximate surface area is 187 Å². The Bertz CT molecular complexity index is 1030. The van der Waals surface area contributed by atoms with E-state index in [1.54, 1.807) is 0 Å². The minimum Gasteiger partial charge on any atom is -0.378 e. The van der Waals surface area contributed by atoms with Crippen molar-refractivity contribution in [2.24, 2.45) is 5.92 Å². The van der Waals surface area contributed by atoms with E-state index >= 15 is 0 Å². The molecule has 32 heavy (non-hydrogen) atoms. The highest BCUT2D eigenvalue weighted by atomic mass is 19.1. The minimum atomic E-state index is -0.345. The van der Waals surface area contributed by atoms with Crippen molar-refractivity contribution in [1.82, 2.24) is 20.4 Å². The second-order valence-electron chi connectivity index (χ2n) is 8.42. The summed E-state index contributed by atoms with van der Waals surface area (Å²) in [6, 6.07) is 14.4. The van der Waals surface area contributed by atoms with Crippen LogP contribution in [0.3, 0.4) is 0 Å². The largest absolute Gasteiger partial charge is 0.378 e. The van der Waals surface area contributed by atoms with E-state index in [0.29, 0.717) is 18.3 Å². The number of likely N-dealkylation sites (tertiary alicyclic amines) is 1. The molecule has 7 nitrogen and oxygen atoms in total. The zero-order chi connectivity index (χ0) is 22.5. The number of aromatic nitrogens is 2. The first-order valence-corrected chi connectivity index (χ1v) is 10.8. The van der Waals surface area contributed by atoms with Crippen molar-refractivity contribution in [1.29, 1.82) is 0 Å². The van der Waals surface area contributed by atoms with E-state index in [4.69, 9.17) is 4.52 Å². The van der Waals surface area contributed by atoms with Crippen LogP contribution < -0.4 is 10.2 Å². The van der Waals surface area contributed by atoms with E-state index in [0.717, 1.165) is 49.3 Å². The van der Waals surface area contributed by atoms with Crippen LogP contribution in [0.25, 0.3) is 11.4 Å². The van der Waals surface area contributed by atoms with Gasteiger partial charge in [0.25, 0.3) is 0 Å². The summed E-state index contributed by atoms with van der Waals surface area (Å²) in [6.07, 6.45) is 1.99. The second kappa shape index (κ2) is 9.91. The Hall–Kier alpha value is -3.26. The predicted molar refractivity (Wildman–Crippen MR) is 121 cm³/mol. The van der Waals surface area contributed by atoms with Crippen LogP contribution in [0, 0.1) is 11.7 Å². The first-order valence-electron chi connectivity index (χ1n) is 10.8. The van der Waals surface area contributed by atoms with E-state index in [1.165, 1.54) is 12.1 Å². The SMILES string of the molecule is CN(C)c1ccc(-c2noc(C(=O)NCC3CCN(Cc4ccc(F)cc4)CC3)n2)cc1. The first-order chi connectivity index (χ1) is 15.5. The Kier molecular flexibility index (Phi) is 6.80. The molecule has 0 bridgehead atoms. The maximum atomic E-state index is 13.1. The molecular weight excluding hydrogens is 409 g/mol. The topological polar surface area (TPSA) is 74.5 Å². The van der Waals surface area contributed by atoms with Crippen LogP contribution in [0.15, 0.2) is 53.1 Å². The van der Waals surface area contributed by atoms with Crippen LogP contribution in [0.1, 0.15) is 29.1 Å². The number of anilines is 1. The molecule has 168 valence electrons. The molecule has 0 atom stereocenters. The van der Waals surface area contributed by atoms with Crippen LogP contribution in [0.2, 0.25) is 0 Å². The number of carbonyl (C=O) groups excluding carboxylic acids is 1. The number of amides is 1. The Morgan fingerprint density at radius 2 is 1.81 bits per heavy atom. The molecule has 1 fully saturated rings. The molecule has 0 unspecified atom stereocenters. The molecular formula is C24H28FN5O2. The minimum absolute atomic E-state index is 0.0227. The highest BCUT2D eigenvalue weighted by Gasteiger charge is 2.22. The highest BCUT2D eigenvalue weighted by Crippen LogP contribution is 2.21. The van der Waals surface area contributed by atoms with Crippen molar-refractivity contribution in [3.63, 3.8) is 0 Å². The number of nitrogens with one attached hydrogen (secondary N) is 1. The highest BCUT2D eigenvalue weighted by molar-refractivity contribution is 5.89. The van der Waals surface area contributed by atoms with Crippen LogP contribution in [-0.4, -0.2) is 54.7 Å². The fraction of sp³-hybridized carbons (Fsp3) is 0.375. The molecule has 4 rings (SSSR count). The Morgan fingerprint density at radius 1 is 1.12 bits per heavy atom. The van der Waals surface area contributed by atoms with Crippen molar-refractivity contribution < 1.29 is 13.7 Å². The molecule has 0 aliphatic carbocycles. The molecule has 1 aliphatic rings. The van der Waals surface area contributed by atoms with Gasteiger partial charge in [0, 0.05) is 38.4 Å². The molecule has 8 heteroatoms. The van der Waals surface area contributed by atoms with Gasteiger partial charge in [0.2, 0.25) is 5.82 Å². The smallest absolute Gasteiger partial charge is 0.316 e. The van der Waals surface area contributed by atoms with Gasteiger partial charge < -0.3 is 14.7 Å². The summed E-state index contributed by atoms with van der Waals surface area (Å²) in [5.74, 6) is 0.227. The molecule has 1 N–H and O–H groups in total. The summed E-state index contributed by atoms with van der Waals surface area (Å²) in [6.45, 7) is 3.30. The summed E-state index contributed by atoms with van der Waals surface area (Å²) in [5, 5.41) is 6.87. The molecule has 2 heterocycles. The maximum Gasteiger partial charge on any atom is 0.316 e. The third-order valence-electron chi connectivity index (χ3n) is 5.84. The number of piperidine rings is 1. The average Bonchev–Trinajstić information content (AvgIpc) is 3.30. The molecule has 0 radical (unpaired) electrons. The predicted octanol–water partition coefficient (Wildman–Crippen LogP) is 3.58. The fourth-order valence-electron chi connectivity index (χ4n) is 3.85. The van der Waals surface area contributed by atoms with Crippen molar-refractivity contribution in [3.05, 3.63) is 65.8 Å². The first kappa shape index (κ1) is 22.0. The van der Waals surface area contributed by atoms with Gasteiger partial charge in [-0.25, -0.2) is 4.39 Å². The molecule has 1 amide bonds. The lowest BCUT2D eigenvalue weighted by Gasteiger charge is -2.31. The van der Waals surface area contributed by atoms with Crippen LogP contribution in [-0.2, 0) is 6.54 Å². The molecule has 3 aromatic rings. The number of carbonyl (C=O) groups is 1. The summed E-state index contributed by atoms with van der Waals surface area (Å²) in [7, 11) is 3.95. The zero-order valence-electron chi connectivity index (χ0n) is 18.4. The van der Waals surface area contributed by atoms with E-state index < -0.39 is 0 Å². The Balaban J connectivity index is 1.23. The van der Waals surface area contributed by atoms with Crippen LogP contribution >= 0.6 is 0 Å². The number of halogens is 1. The van der Waals surface area contributed by atoms with Crippen molar-refractivity contribution >= 4 is 11.6 Å². The fourth-order valence-corrected chi connectivity index (χ4v) is 3.85. The van der Waals surface area contributed by atoms with E-state index in [-0.39, 0.29) is 17.6 Å². The number of rotatable bonds is 7. The van der Waals surface area contributed by atoms with E-state index in [9.17, 15) is 9.18 Å². The summed E-state index contributed by atoms with van der Waals surface area (Å²) >= 11 is 0. The van der Waals surface area contributed by atoms with Gasteiger partial charge in [0.1, 0.15) is 5.82 Å². The lowest BCUT2D eigenvalue weighted by atomic mass is 9.96. The third-order valence-corrected chi connectivity index (χ3v) is 5.84. The monoisotopic (exact) mass is 437 g/mol. The van der Waals surface area contributed by atoms with Crippen molar-refractivity contribution in [3.8, 4) is 11.4 Å². The summed E-state index contributed by atoms with van der Waals surface area (Å²) < 4.78 is 18.2. The second-order valence-corrected chi connectivity index (χ2v) is 8.42. The van der Waals surface area contributed by atoms with Gasteiger partial charge >= 0.3 is 11.8 Å². The van der Waals surface area contributed by atoms with Crippen LogP contribution in [0.5, 0.6) is 0 Å². The lowest BCUT2D eigenvalue weighted by molar-refractivity contribution is 0.0891. The van der Waals surface area contributed by atoms with Crippen molar-refractivity contribution in [2.75, 3.05) is 38.6 Å². The van der Waals surface area contributed by atoms with Gasteiger partial charge in [0.15, 0.2) is 0 Å². The van der Waals surface area contributed by atoms with Crippen molar-refractivity contribution in [2.45, 2.75) is 19.4 Å². The van der Waals surface area contributed by atoms with Gasteiger partial charge in [-0.3, -0.25) is 9.69 Å². The van der Waals surface area contributed by atoms with Gasteiger partial charge in [-0.05, 0) is 73.8 Å². The van der Waals surface area contributed by atoms with Crippen LogP contribution in [0.4, 0.5) is 10.1 Å². The standard InChI is InChI=1S/C24H28FN5O2/c1-29(2)21-9-5-19(6-10-21)22-27-24(32-28-22)23(31)26-15-17-11-13-30(14-12-17)16-18-3-7-20(25)8-4-18/h3-10,17H,11-16H2,1-2H3,(H,26,31). The molecule has 2 aromatic carbocycles. The molecule has 1 aromatic heterocycles. The molecule has 0 spiro atoms. The Morgan fingerprint density at radius 3 is 2.47 bits per heavy atom. The van der Waals surface area contributed by atoms with Gasteiger partial charge in [-0.15, -0.1) is 0 Å². The van der Waals surface area contributed by atoms with E-state index in [1.807, 2.05) is 55.4 Å². The maximum absolute atomic E-state index is 13.1. The average molecular weight is 438 g/mol.